The predicted molar refractivity (Wildman–Crippen MR) is 67.6 cm³/mol. The zero-order valence-electron chi connectivity index (χ0n) is 10.3. The summed E-state index contributed by atoms with van der Waals surface area (Å²) in [6.07, 6.45) is 3.65. The van der Waals surface area contributed by atoms with Crippen LogP contribution in [-0.4, -0.2) is 22.8 Å². The van der Waals surface area contributed by atoms with Gasteiger partial charge >= 0.3 is 0 Å². The minimum atomic E-state index is 0.303. The van der Waals surface area contributed by atoms with E-state index in [2.05, 4.69) is 4.98 Å². The summed E-state index contributed by atoms with van der Waals surface area (Å²) in [5.74, 6) is 2.40. The van der Waals surface area contributed by atoms with E-state index >= 15 is 0 Å². The summed E-state index contributed by atoms with van der Waals surface area (Å²) in [6, 6.07) is 0. The van der Waals surface area contributed by atoms with Gasteiger partial charge in [-0.15, -0.1) is 11.3 Å². The molecule has 0 saturated heterocycles. The van der Waals surface area contributed by atoms with E-state index in [9.17, 15) is 4.79 Å². The zero-order valence-corrected chi connectivity index (χ0v) is 11.2. The lowest BCUT2D eigenvalue weighted by Gasteiger charge is -2.21. The molecule has 1 amide bonds. The molecule has 17 heavy (non-hydrogen) atoms. The summed E-state index contributed by atoms with van der Waals surface area (Å²) < 4.78 is 0. The van der Waals surface area contributed by atoms with Crippen LogP contribution in [0.15, 0.2) is 5.51 Å². The Balaban J connectivity index is 1.60. The molecule has 0 spiro atoms. The van der Waals surface area contributed by atoms with Gasteiger partial charge in [0.05, 0.1) is 17.7 Å². The number of hydrogen-bond donors (Lipinski definition) is 0. The van der Waals surface area contributed by atoms with Crippen LogP contribution in [0.1, 0.15) is 29.8 Å². The quantitative estimate of drug-likeness (QED) is 0.825. The highest BCUT2D eigenvalue weighted by molar-refractivity contribution is 7.09. The fourth-order valence-corrected chi connectivity index (χ4v) is 3.83. The summed E-state index contributed by atoms with van der Waals surface area (Å²) in [4.78, 5) is 19.6. The first-order valence-electron chi connectivity index (χ1n) is 6.29. The number of nitrogens with zero attached hydrogens (tertiary/aromatic N) is 2. The van der Waals surface area contributed by atoms with Crippen LogP contribution >= 0.6 is 11.3 Å². The second-order valence-electron chi connectivity index (χ2n) is 5.48. The molecule has 0 aliphatic heterocycles. The van der Waals surface area contributed by atoms with E-state index in [4.69, 9.17) is 0 Å². The van der Waals surface area contributed by atoms with E-state index in [1.807, 2.05) is 24.4 Å². The Labute approximate surface area is 106 Å². The maximum Gasteiger partial charge on any atom is 0.225 e. The number of hydrogen-bond acceptors (Lipinski definition) is 3. The first-order chi connectivity index (χ1) is 8.15. The van der Waals surface area contributed by atoms with E-state index in [-0.39, 0.29) is 0 Å². The van der Waals surface area contributed by atoms with Crippen LogP contribution in [0.2, 0.25) is 0 Å². The molecule has 3 rings (SSSR count). The van der Waals surface area contributed by atoms with Crippen LogP contribution < -0.4 is 0 Å². The maximum atomic E-state index is 12.3. The number of thiazole rings is 1. The summed E-state index contributed by atoms with van der Waals surface area (Å²) >= 11 is 1.64. The highest BCUT2D eigenvalue weighted by atomic mass is 32.1. The molecular weight excluding hydrogens is 232 g/mol. The van der Waals surface area contributed by atoms with Gasteiger partial charge < -0.3 is 4.90 Å². The van der Waals surface area contributed by atoms with E-state index in [1.54, 1.807) is 11.3 Å². The van der Waals surface area contributed by atoms with Crippen molar-refractivity contribution < 1.29 is 4.79 Å². The fourth-order valence-electron chi connectivity index (χ4n) is 3.00. The minimum Gasteiger partial charge on any atom is -0.340 e. The summed E-state index contributed by atoms with van der Waals surface area (Å²) in [5.41, 5.74) is 2.91. The number of amides is 1. The molecule has 1 heterocycles. The molecule has 0 N–H and O–H groups in total. The number of fused-ring (bicyclic) bond motifs is 1. The summed E-state index contributed by atoms with van der Waals surface area (Å²) in [5, 5.41) is 0. The Morgan fingerprint density at radius 1 is 1.47 bits per heavy atom. The van der Waals surface area contributed by atoms with Crippen LogP contribution in [0.25, 0.3) is 0 Å². The van der Waals surface area contributed by atoms with E-state index in [0.29, 0.717) is 11.8 Å². The standard InChI is InChI=1S/C13H18N2OS/c1-8-12(17-7-14-8)6-15(2)13(16)11-4-9-3-10(9)5-11/h7,9-11H,3-6H2,1-2H3. The smallest absolute Gasteiger partial charge is 0.225 e. The Morgan fingerprint density at radius 3 is 2.76 bits per heavy atom. The third kappa shape index (κ3) is 2.10. The van der Waals surface area contributed by atoms with Crippen molar-refractivity contribution in [3.05, 3.63) is 16.1 Å². The van der Waals surface area contributed by atoms with Gasteiger partial charge in [-0.3, -0.25) is 4.79 Å². The van der Waals surface area contributed by atoms with Gasteiger partial charge in [-0.1, -0.05) is 0 Å². The first kappa shape index (κ1) is 11.2. The largest absolute Gasteiger partial charge is 0.340 e. The van der Waals surface area contributed by atoms with E-state index in [0.717, 1.165) is 36.9 Å². The van der Waals surface area contributed by atoms with Gasteiger partial charge in [-0.05, 0) is 38.0 Å². The highest BCUT2D eigenvalue weighted by Crippen LogP contribution is 2.54. The Morgan fingerprint density at radius 2 is 2.18 bits per heavy atom. The number of aryl methyl sites for hydroxylation is 1. The predicted octanol–water partition coefficient (Wildman–Crippen LogP) is 2.46. The molecule has 2 unspecified atom stereocenters. The topological polar surface area (TPSA) is 33.2 Å². The van der Waals surface area contributed by atoms with Crippen molar-refractivity contribution >= 4 is 17.2 Å². The van der Waals surface area contributed by atoms with E-state index in [1.165, 1.54) is 11.3 Å². The first-order valence-corrected chi connectivity index (χ1v) is 7.17. The third-order valence-electron chi connectivity index (χ3n) is 4.19. The monoisotopic (exact) mass is 250 g/mol. The summed E-state index contributed by atoms with van der Waals surface area (Å²) in [6.45, 7) is 2.73. The summed E-state index contributed by atoms with van der Waals surface area (Å²) in [7, 11) is 1.92. The van der Waals surface area contributed by atoms with Gasteiger partial charge in [0, 0.05) is 17.8 Å². The van der Waals surface area contributed by atoms with Crippen LogP contribution in [0.5, 0.6) is 0 Å². The minimum absolute atomic E-state index is 0.303. The molecule has 4 heteroatoms. The average Bonchev–Trinajstić information content (AvgIpc) is 2.72. The molecule has 1 aromatic heterocycles. The molecule has 3 nitrogen and oxygen atoms in total. The van der Waals surface area contributed by atoms with Crippen LogP contribution in [0.3, 0.4) is 0 Å². The molecule has 0 bridgehead atoms. The molecule has 2 atom stereocenters. The number of aromatic nitrogens is 1. The van der Waals surface area contributed by atoms with Crippen molar-refractivity contribution in [2.45, 2.75) is 32.7 Å². The van der Waals surface area contributed by atoms with Crippen molar-refractivity contribution in [2.24, 2.45) is 17.8 Å². The molecule has 0 aromatic carbocycles. The normalized spacial score (nSPS) is 30.1. The Hall–Kier alpha value is -0.900. The van der Waals surface area contributed by atoms with Gasteiger partial charge in [0.25, 0.3) is 0 Å². The highest BCUT2D eigenvalue weighted by Gasteiger charge is 2.48. The lowest BCUT2D eigenvalue weighted by molar-refractivity contribution is -0.134. The molecule has 2 saturated carbocycles. The van der Waals surface area contributed by atoms with Gasteiger partial charge in [0.15, 0.2) is 0 Å². The van der Waals surface area contributed by atoms with Crippen molar-refractivity contribution in [2.75, 3.05) is 7.05 Å². The van der Waals surface area contributed by atoms with Crippen LogP contribution in [0, 0.1) is 24.7 Å². The molecule has 2 aliphatic rings. The molecule has 0 radical (unpaired) electrons. The van der Waals surface area contributed by atoms with Crippen molar-refractivity contribution in [1.82, 2.24) is 9.88 Å². The maximum absolute atomic E-state index is 12.3. The number of carbonyl (C=O) groups excluding carboxylic acids is 1. The molecule has 92 valence electrons. The van der Waals surface area contributed by atoms with Crippen LogP contribution in [0.4, 0.5) is 0 Å². The van der Waals surface area contributed by atoms with Gasteiger partial charge in [-0.25, -0.2) is 4.98 Å². The molecule has 2 fully saturated rings. The van der Waals surface area contributed by atoms with E-state index < -0.39 is 0 Å². The van der Waals surface area contributed by atoms with Crippen molar-refractivity contribution in [1.29, 1.82) is 0 Å². The van der Waals surface area contributed by atoms with Crippen LogP contribution in [-0.2, 0) is 11.3 Å². The van der Waals surface area contributed by atoms with Crippen molar-refractivity contribution in [3.63, 3.8) is 0 Å². The Bertz CT molecular complexity index is 432. The molecular formula is C13H18N2OS. The van der Waals surface area contributed by atoms with Gasteiger partial charge in [0.1, 0.15) is 0 Å². The Kier molecular flexibility index (Phi) is 2.69. The third-order valence-corrected chi connectivity index (χ3v) is 5.11. The average molecular weight is 250 g/mol. The zero-order chi connectivity index (χ0) is 12.0. The fraction of sp³-hybridized carbons (Fsp3) is 0.692. The lowest BCUT2D eigenvalue weighted by atomic mass is 10.0. The molecule has 2 aliphatic carbocycles. The van der Waals surface area contributed by atoms with Gasteiger partial charge in [0.2, 0.25) is 5.91 Å². The van der Waals surface area contributed by atoms with Crippen molar-refractivity contribution in [3.8, 4) is 0 Å². The second kappa shape index (κ2) is 4.09. The SMILES string of the molecule is Cc1ncsc1CN(C)C(=O)C1CC2CC2C1. The number of rotatable bonds is 3. The lowest BCUT2D eigenvalue weighted by Crippen LogP contribution is -2.31. The second-order valence-corrected chi connectivity index (χ2v) is 6.42. The van der Waals surface area contributed by atoms with Gasteiger partial charge in [-0.2, -0.15) is 0 Å². The molecule has 1 aromatic rings. The number of carbonyl (C=O) groups is 1.